The molecule has 0 unspecified atom stereocenters. The van der Waals surface area contributed by atoms with Gasteiger partial charge in [0.15, 0.2) is 0 Å². The lowest BCUT2D eigenvalue weighted by Gasteiger charge is -2.06. The first-order valence-electron chi connectivity index (χ1n) is 5.25. The lowest BCUT2D eigenvalue weighted by atomic mass is 10.2. The lowest BCUT2D eigenvalue weighted by Crippen LogP contribution is -2.12. The van der Waals surface area contributed by atoms with Crippen LogP contribution in [0.25, 0.3) is 0 Å². The minimum atomic E-state index is -0.501. The fourth-order valence-corrected chi connectivity index (χ4v) is 1.45. The molecule has 0 aliphatic heterocycles. The summed E-state index contributed by atoms with van der Waals surface area (Å²) >= 11 is 0. The van der Waals surface area contributed by atoms with E-state index in [0.717, 1.165) is 6.20 Å². The van der Waals surface area contributed by atoms with Gasteiger partial charge in [-0.1, -0.05) is 6.07 Å². The summed E-state index contributed by atoms with van der Waals surface area (Å²) in [7, 11) is 1.52. The van der Waals surface area contributed by atoms with E-state index in [1.54, 1.807) is 24.3 Å². The molecule has 92 valence electrons. The fraction of sp³-hybridized carbons (Fsp3) is 0.0769. The van der Waals surface area contributed by atoms with Gasteiger partial charge in [-0.15, -0.1) is 0 Å². The highest BCUT2D eigenvalue weighted by atomic mass is 19.1. The number of methoxy groups -OCH3 is 1. The quantitative estimate of drug-likeness (QED) is 0.905. The van der Waals surface area contributed by atoms with Gasteiger partial charge in [-0.2, -0.15) is 0 Å². The average molecular weight is 246 g/mol. The van der Waals surface area contributed by atoms with Crippen LogP contribution in [0.1, 0.15) is 10.4 Å². The highest BCUT2D eigenvalue weighted by Gasteiger charge is 2.07. The second-order valence-electron chi connectivity index (χ2n) is 3.58. The van der Waals surface area contributed by atoms with Crippen LogP contribution < -0.4 is 10.1 Å². The number of pyridine rings is 1. The average Bonchev–Trinajstić information content (AvgIpc) is 2.39. The Balaban J connectivity index is 2.16. The molecule has 1 N–H and O–H groups in total. The molecule has 0 aliphatic carbocycles. The van der Waals surface area contributed by atoms with E-state index in [2.05, 4.69) is 10.3 Å². The summed E-state index contributed by atoms with van der Waals surface area (Å²) in [5.41, 5.74) is 0.737. The van der Waals surface area contributed by atoms with Gasteiger partial charge in [0.1, 0.15) is 11.6 Å². The van der Waals surface area contributed by atoms with Crippen molar-refractivity contribution in [2.24, 2.45) is 0 Å². The molecule has 0 spiro atoms. The summed E-state index contributed by atoms with van der Waals surface area (Å²) in [5, 5.41) is 2.55. The molecule has 1 aromatic carbocycles. The molecular formula is C13H11FN2O2. The molecule has 0 aliphatic rings. The van der Waals surface area contributed by atoms with E-state index in [9.17, 15) is 9.18 Å². The van der Waals surface area contributed by atoms with Gasteiger partial charge >= 0.3 is 0 Å². The molecule has 1 amide bonds. The van der Waals surface area contributed by atoms with Crippen molar-refractivity contribution in [2.75, 3.05) is 12.4 Å². The molecule has 2 aromatic rings. The van der Waals surface area contributed by atoms with Crippen LogP contribution in [0.3, 0.4) is 0 Å². The number of nitrogens with zero attached hydrogens (tertiary/aromatic N) is 1. The van der Waals surface area contributed by atoms with Gasteiger partial charge in [0.05, 0.1) is 25.2 Å². The molecule has 1 aromatic heterocycles. The van der Waals surface area contributed by atoms with Gasteiger partial charge in [0.2, 0.25) is 0 Å². The number of amides is 1. The highest BCUT2D eigenvalue weighted by molar-refractivity contribution is 6.04. The molecule has 0 radical (unpaired) electrons. The summed E-state index contributed by atoms with van der Waals surface area (Å²) < 4.78 is 17.9. The first kappa shape index (κ1) is 12.0. The van der Waals surface area contributed by atoms with Crippen molar-refractivity contribution in [3.63, 3.8) is 0 Å². The Morgan fingerprint density at radius 3 is 2.89 bits per heavy atom. The number of rotatable bonds is 3. The zero-order valence-corrected chi connectivity index (χ0v) is 9.68. The van der Waals surface area contributed by atoms with Crippen molar-refractivity contribution in [1.29, 1.82) is 0 Å². The second kappa shape index (κ2) is 5.27. The first-order chi connectivity index (χ1) is 8.69. The van der Waals surface area contributed by atoms with Gasteiger partial charge < -0.3 is 10.1 Å². The maximum atomic E-state index is 12.9. The standard InChI is InChI=1S/C13H11FN2O2/c1-18-12-4-2-3-9(5-12)13(17)16-11-6-10(14)7-15-8-11/h2-8H,1H3,(H,16,17). The van der Waals surface area contributed by atoms with Crippen molar-refractivity contribution >= 4 is 11.6 Å². The first-order valence-corrected chi connectivity index (χ1v) is 5.25. The predicted octanol–water partition coefficient (Wildman–Crippen LogP) is 2.48. The Morgan fingerprint density at radius 1 is 1.33 bits per heavy atom. The van der Waals surface area contributed by atoms with Crippen LogP contribution >= 0.6 is 0 Å². The minimum absolute atomic E-state index is 0.308. The van der Waals surface area contributed by atoms with Crippen molar-refractivity contribution in [1.82, 2.24) is 4.98 Å². The number of halogens is 1. The Hall–Kier alpha value is -2.43. The van der Waals surface area contributed by atoms with E-state index < -0.39 is 5.82 Å². The number of carbonyl (C=O) groups is 1. The smallest absolute Gasteiger partial charge is 0.255 e. The van der Waals surface area contributed by atoms with Crippen LogP contribution in [0.4, 0.5) is 10.1 Å². The Morgan fingerprint density at radius 2 is 2.17 bits per heavy atom. The van der Waals surface area contributed by atoms with Crippen LogP contribution in [0.2, 0.25) is 0 Å². The number of ether oxygens (including phenoxy) is 1. The van der Waals surface area contributed by atoms with Crippen LogP contribution in [0.5, 0.6) is 5.75 Å². The van der Waals surface area contributed by atoms with Crippen LogP contribution in [0, 0.1) is 5.82 Å². The third-order valence-electron chi connectivity index (χ3n) is 2.29. The SMILES string of the molecule is COc1cccc(C(=O)Nc2cncc(F)c2)c1. The van der Waals surface area contributed by atoms with E-state index in [-0.39, 0.29) is 5.91 Å². The summed E-state index contributed by atoms with van der Waals surface area (Å²) in [5.74, 6) is -0.264. The largest absolute Gasteiger partial charge is 0.497 e. The topological polar surface area (TPSA) is 51.2 Å². The molecule has 0 atom stereocenters. The number of carbonyl (C=O) groups excluding carboxylic acids is 1. The van der Waals surface area contributed by atoms with Crippen LogP contribution in [-0.2, 0) is 0 Å². The van der Waals surface area contributed by atoms with Crippen molar-refractivity contribution in [2.45, 2.75) is 0 Å². The zero-order valence-electron chi connectivity index (χ0n) is 9.68. The van der Waals surface area contributed by atoms with Gasteiger partial charge in [-0.25, -0.2) is 4.39 Å². The molecule has 0 bridgehead atoms. The van der Waals surface area contributed by atoms with Gasteiger partial charge in [-0.3, -0.25) is 9.78 Å². The van der Waals surface area contributed by atoms with E-state index >= 15 is 0 Å². The third-order valence-corrected chi connectivity index (χ3v) is 2.29. The molecule has 5 heteroatoms. The van der Waals surface area contributed by atoms with Crippen LogP contribution in [0.15, 0.2) is 42.7 Å². The second-order valence-corrected chi connectivity index (χ2v) is 3.58. The highest BCUT2D eigenvalue weighted by Crippen LogP contribution is 2.14. The van der Waals surface area contributed by atoms with Crippen molar-refractivity contribution in [3.05, 3.63) is 54.1 Å². The van der Waals surface area contributed by atoms with Gasteiger partial charge in [0.25, 0.3) is 5.91 Å². The monoisotopic (exact) mass is 246 g/mol. The Labute approximate surface area is 103 Å². The number of hydrogen-bond donors (Lipinski definition) is 1. The predicted molar refractivity (Wildman–Crippen MR) is 65.1 cm³/mol. The number of benzene rings is 1. The van der Waals surface area contributed by atoms with E-state index in [1.165, 1.54) is 19.4 Å². The molecule has 1 heterocycles. The van der Waals surface area contributed by atoms with Crippen molar-refractivity contribution < 1.29 is 13.9 Å². The van der Waals surface area contributed by atoms with Gasteiger partial charge in [0, 0.05) is 11.6 Å². The normalized spacial score (nSPS) is 9.89. The number of nitrogens with one attached hydrogen (secondary N) is 1. The maximum Gasteiger partial charge on any atom is 0.255 e. The zero-order chi connectivity index (χ0) is 13.0. The Bertz CT molecular complexity index is 572. The molecule has 0 saturated carbocycles. The molecule has 18 heavy (non-hydrogen) atoms. The molecule has 0 fully saturated rings. The molecule has 4 nitrogen and oxygen atoms in total. The van der Waals surface area contributed by atoms with Gasteiger partial charge in [-0.05, 0) is 18.2 Å². The third kappa shape index (κ3) is 2.82. The lowest BCUT2D eigenvalue weighted by molar-refractivity contribution is 0.102. The number of anilines is 1. The molecule has 2 rings (SSSR count). The maximum absolute atomic E-state index is 12.9. The molecule has 0 saturated heterocycles. The van der Waals surface area contributed by atoms with Crippen LogP contribution in [-0.4, -0.2) is 18.0 Å². The minimum Gasteiger partial charge on any atom is -0.497 e. The summed E-state index contributed by atoms with van der Waals surface area (Å²) in [6.07, 6.45) is 2.45. The van der Waals surface area contributed by atoms with E-state index in [4.69, 9.17) is 4.74 Å². The summed E-state index contributed by atoms with van der Waals surface area (Å²) in [6.45, 7) is 0. The fourth-order valence-electron chi connectivity index (χ4n) is 1.45. The van der Waals surface area contributed by atoms with E-state index in [0.29, 0.717) is 17.0 Å². The van der Waals surface area contributed by atoms with Crippen molar-refractivity contribution in [3.8, 4) is 5.75 Å². The molecular weight excluding hydrogens is 235 g/mol. The van der Waals surface area contributed by atoms with E-state index in [1.807, 2.05) is 0 Å². The summed E-state index contributed by atoms with van der Waals surface area (Å²) in [4.78, 5) is 15.5. The summed E-state index contributed by atoms with van der Waals surface area (Å²) in [6, 6.07) is 7.88. The number of hydrogen-bond acceptors (Lipinski definition) is 3. The Kier molecular flexibility index (Phi) is 3.52. The number of aromatic nitrogens is 1.